The first kappa shape index (κ1) is 16.5. The Labute approximate surface area is 131 Å². The van der Waals surface area contributed by atoms with Crippen molar-refractivity contribution in [2.24, 2.45) is 11.8 Å². The van der Waals surface area contributed by atoms with Crippen molar-refractivity contribution in [2.75, 3.05) is 13.1 Å². The molecule has 1 N–H and O–H groups in total. The van der Waals surface area contributed by atoms with Crippen LogP contribution in [0.5, 0.6) is 0 Å². The predicted octanol–water partition coefficient (Wildman–Crippen LogP) is 3.07. The van der Waals surface area contributed by atoms with Crippen LogP contribution in [0.4, 0.5) is 0 Å². The van der Waals surface area contributed by atoms with Crippen molar-refractivity contribution < 1.29 is 14.7 Å². The lowest BCUT2D eigenvalue weighted by molar-refractivity contribution is 0.0671. The van der Waals surface area contributed by atoms with Gasteiger partial charge in [-0.1, -0.05) is 26.7 Å². The van der Waals surface area contributed by atoms with E-state index in [0.717, 1.165) is 37.8 Å². The summed E-state index contributed by atoms with van der Waals surface area (Å²) in [5.74, 6) is 0.328. The maximum atomic E-state index is 12.4. The Kier molecular flexibility index (Phi) is 5.52. The van der Waals surface area contributed by atoms with Crippen molar-refractivity contribution in [3.05, 3.63) is 29.6 Å². The van der Waals surface area contributed by atoms with Gasteiger partial charge in [0.25, 0.3) is 5.91 Å². The number of carbonyl (C=O) groups excluding carboxylic acids is 1. The third-order valence-electron chi connectivity index (χ3n) is 4.28. The van der Waals surface area contributed by atoms with Crippen LogP contribution in [0.15, 0.2) is 18.3 Å². The van der Waals surface area contributed by atoms with Gasteiger partial charge in [0.05, 0.1) is 5.56 Å². The molecule has 1 fully saturated rings. The summed E-state index contributed by atoms with van der Waals surface area (Å²) in [7, 11) is 0. The number of hydrogen-bond donors (Lipinski definition) is 1. The number of pyridine rings is 1. The molecule has 0 unspecified atom stereocenters. The van der Waals surface area contributed by atoms with E-state index in [9.17, 15) is 9.59 Å². The minimum absolute atomic E-state index is 0.0380. The second-order valence-corrected chi connectivity index (χ2v) is 6.44. The minimum atomic E-state index is -1.08. The second-order valence-electron chi connectivity index (χ2n) is 6.44. The number of aromatic carboxylic acids is 1. The van der Waals surface area contributed by atoms with E-state index in [1.54, 1.807) is 6.07 Å². The number of aromatic nitrogens is 1. The average Bonchev–Trinajstić information content (AvgIpc) is 2.53. The highest BCUT2D eigenvalue weighted by Gasteiger charge is 2.24. The fraction of sp³-hybridized carbons (Fsp3) is 0.588. The highest BCUT2D eigenvalue weighted by Crippen LogP contribution is 2.24. The zero-order valence-electron chi connectivity index (χ0n) is 13.3. The quantitative estimate of drug-likeness (QED) is 0.907. The molecule has 0 radical (unpaired) electrons. The zero-order chi connectivity index (χ0) is 16.1. The summed E-state index contributed by atoms with van der Waals surface area (Å²) in [6.07, 6.45) is 5.96. The summed E-state index contributed by atoms with van der Waals surface area (Å²) in [5.41, 5.74) is 0.426. The number of piperidine rings is 1. The Bertz CT molecular complexity index is 517. The Morgan fingerprint density at radius 2 is 2.00 bits per heavy atom. The highest BCUT2D eigenvalue weighted by molar-refractivity contribution is 5.94. The van der Waals surface area contributed by atoms with Crippen LogP contribution in [-0.2, 0) is 0 Å². The number of carbonyl (C=O) groups is 2. The molecule has 1 aliphatic heterocycles. The van der Waals surface area contributed by atoms with Gasteiger partial charge >= 0.3 is 5.97 Å². The molecule has 5 heteroatoms. The largest absolute Gasteiger partial charge is 0.477 e. The Balaban J connectivity index is 1.88. The van der Waals surface area contributed by atoms with Crippen molar-refractivity contribution >= 4 is 11.9 Å². The standard InChI is InChI=1S/C17H24N2O3/c1-12(2)3-4-13-7-9-19(10-8-13)16(20)14-5-6-15(17(21)22)18-11-14/h5-6,11-13H,3-4,7-10H2,1-2H3,(H,21,22). The third kappa shape index (κ3) is 4.29. The van der Waals surface area contributed by atoms with Crippen molar-refractivity contribution in [3.8, 4) is 0 Å². The lowest BCUT2D eigenvalue weighted by Gasteiger charge is -2.32. The van der Waals surface area contributed by atoms with Gasteiger partial charge in [-0.25, -0.2) is 9.78 Å². The Morgan fingerprint density at radius 3 is 2.50 bits per heavy atom. The highest BCUT2D eigenvalue weighted by atomic mass is 16.4. The molecule has 5 nitrogen and oxygen atoms in total. The normalized spacial score (nSPS) is 16.0. The molecule has 0 aliphatic carbocycles. The number of carboxylic acid groups (broad SMARTS) is 1. The summed E-state index contributed by atoms with van der Waals surface area (Å²) in [4.78, 5) is 28.8. The summed E-state index contributed by atoms with van der Waals surface area (Å²) in [6.45, 7) is 6.05. The summed E-state index contributed by atoms with van der Waals surface area (Å²) < 4.78 is 0. The van der Waals surface area contributed by atoms with Crippen LogP contribution in [0.2, 0.25) is 0 Å². The van der Waals surface area contributed by atoms with Gasteiger partial charge < -0.3 is 10.0 Å². The van der Waals surface area contributed by atoms with Crippen LogP contribution in [0.1, 0.15) is 60.4 Å². The molecule has 0 bridgehead atoms. The maximum absolute atomic E-state index is 12.4. The van der Waals surface area contributed by atoms with Gasteiger partial charge in [0.2, 0.25) is 0 Å². The number of amides is 1. The van der Waals surface area contributed by atoms with Gasteiger partial charge in [0.1, 0.15) is 5.69 Å². The molecule has 120 valence electrons. The van der Waals surface area contributed by atoms with Gasteiger partial charge in [0.15, 0.2) is 0 Å². The maximum Gasteiger partial charge on any atom is 0.354 e. The van der Waals surface area contributed by atoms with Crippen LogP contribution in [0.25, 0.3) is 0 Å². The SMILES string of the molecule is CC(C)CCC1CCN(C(=O)c2ccc(C(=O)O)nc2)CC1. The van der Waals surface area contributed by atoms with E-state index in [1.165, 1.54) is 25.1 Å². The van der Waals surface area contributed by atoms with E-state index in [0.29, 0.717) is 5.56 Å². The van der Waals surface area contributed by atoms with Crippen LogP contribution in [-0.4, -0.2) is 40.0 Å². The van der Waals surface area contributed by atoms with Crippen molar-refractivity contribution in [2.45, 2.75) is 39.5 Å². The lowest BCUT2D eigenvalue weighted by atomic mass is 9.89. The summed E-state index contributed by atoms with van der Waals surface area (Å²) in [6, 6.07) is 2.93. The molecule has 0 saturated carbocycles. The molecule has 2 rings (SSSR count). The molecule has 1 aromatic heterocycles. The topological polar surface area (TPSA) is 70.5 Å². The van der Waals surface area contributed by atoms with Crippen molar-refractivity contribution in [1.29, 1.82) is 0 Å². The van der Waals surface area contributed by atoms with Crippen LogP contribution >= 0.6 is 0 Å². The monoisotopic (exact) mass is 304 g/mol. The smallest absolute Gasteiger partial charge is 0.354 e. The number of carboxylic acids is 1. The molecular formula is C17H24N2O3. The fourth-order valence-corrected chi connectivity index (χ4v) is 2.82. The first-order valence-corrected chi connectivity index (χ1v) is 7.96. The van der Waals surface area contributed by atoms with Gasteiger partial charge in [-0.15, -0.1) is 0 Å². The van der Waals surface area contributed by atoms with Gasteiger partial charge in [0, 0.05) is 19.3 Å². The first-order valence-electron chi connectivity index (χ1n) is 7.96. The van der Waals surface area contributed by atoms with Gasteiger partial charge in [-0.05, 0) is 36.8 Å². The van der Waals surface area contributed by atoms with E-state index in [1.807, 2.05) is 4.90 Å². The molecule has 0 spiro atoms. The molecule has 1 aromatic rings. The number of likely N-dealkylation sites (tertiary alicyclic amines) is 1. The van der Waals surface area contributed by atoms with E-state index >= 15 is 0 Å². The third-order valence-corrected chi connectivity index (χ3v) is 4.28. The predicted molar refractivity (Wildman–Crippen MR) is 83.9 cm³/mol. The van der Waals surface area contributed by atoms with Crippen molar-refractivity contribution in [1.82, 2.24) is 9.88 Å². The molecule has 0 atom stereocenters. The van der Waals surface area contributed by atoms with E-state index in [2.05, 4.69) is 18.8 Å². The molecular weight excluding hydrogens is 280 g/mol. The molecule has 1 amide bonds. The van der Waals surface area contributed by atoms with Gasteiger partial charge in [-0.2, -0.15) is 0 Å². The number of hydrogen-bond acceptors (Lipinski definition) is 3. The van der Waals surface area contributed by atoms with Crippen LogP contribution in [0.3, 0.4) is 0 Å². The van der Waals surface area contributed by atoms with E-state index in [-0.39, 0.29) is 11.6 Å². The molecule has 2 heterocycles. The van der Waals surface area contributed by atoms with E-state index in [4.69, 9.17) is 5.11 Å². The molecule has 1 saturated heterocycles. The Morgan fingerprint density at radius 1 is 1.32 bits per heavy atom. The van der Waals surface area contributed by atoms with Crippen molar-refractivity contribution in [3.63, 3.8) is 0 Å². The second kappa shape index (κ2) is 7.38. The first-order chi connectivity index (χ1) is 10.5. The molecule has 1 aliphatic rings. The minimum Gasteiger partial charge on any atom is -0.477 e. The molecule has 0 aromatic carbocycles. The van der Waals surface area contributed by atoms with Gasteiger partial charge in [-0.3, -0.25) is 4.79 Å². The molecule has 22 heavy (non-hydrogen) atoms. The lowest BCUT2D eigenvalue weighted by Crippen LogP contribution is -2.38. The van der Waals surface area contributed by atoms with Crippen LogP contribution < -0.4 is 0 Å². The average molecular weight is 304 g/mol. The fourth-order valence-electron chi connectivity index (χ4n) is 2.82. The summed E-state index contributed by atoms with van der Waals surface area (Å²) >= 11 is 0. The number of nitrogens with zero attached hydrogens (tertiary/aromatic N) is 2. The Hall–Kier alpha value is -1.91. The number of rotatable bonds is 5. The van der Waals surface area contributed by atoms with Crippen LogP contribution in [0, 0.1) is 11.8 Å². The van der Waals surface area contributed by atoms with E-state index < -0.39 is 5.97 Å². The zero-order valence-corrected chi connectivity index (χ0v) is 13.3. The summed E-state index contributed by atoms with van der Waals surface area (Å²) in [5, 5.41) is 8.82.